The molecule has 0 aliphatic heterocycles. The zero-order valence-electron chi connectivity index (χ0n) is 12.5. The van der Waals surface area contributed by atoms with Crippen molar-refractivity contribution in [2.75, 3.05) is 36.1 Å². The van der Waals surface area contributed by atoms with Gasteiger partial charge >= 0.3 is 0 Å². The minimum Gasteiger partial charge on any atom is -0.495 e. The van der Waals surface area contributed by atoms with Gasteiger partial charge < -0.3 is 20.7 Å². The maximum atomic E-state index is 5.31. The Balaban J connectivity index is 2.29. The standard InChI is InChI=1S/C14H20N6O/c1-4-15-12-18-13(16-5-2)20-14(19-12)17-10-8-6-7-9-11(10)21-3/h6-9H,4-5H2,1-3H3,(H3,15,16,17,18,19,20). The maximum absolute atomic E-state index is 5.31. The van der Waals surface area contributed by atoms with Crippen molar-refractivity contribution >= 4 is 23.5 Å². The molecule has 3 N–H and O–H groups in total. The molecule has 0 unspecified atom stereocenters. The van der Waals surface area contributed by atoms with Crippen LogP contribution in [0.3, 0.4) is 0 Å². The smallest absolute Gasteiger partial charge is 0.233 e. The van der Waals surface area contributed by atoms with Crippen molar-refractivity contribution < 1.29 is 4.74 Å². The first-order valence-electron chi connectivity index (χ1n) is 6.90. The Labute approximate surface area is 124 Å². The summed E-state index contributed by atoms with van der Waals surface area (Å²) in [7, 11) is 1.63. The molecule has 112 valence electrons. The van der Waals surface area contributed by atoms with Crippen molar-refractivity contribution in [1.82, 2.24) is 15.0 Å². The molecular weight excluding hydrogens is 268 g/mol. The van der Waals surface area contributed by atoms with Gasteiger partial charge in [0.1, 0.15) is 5.75 Å². The number of nitrogens with zero attached hydrogens (tertiary/aromatic N) is 3. The molecule has 0 saturated heterocycles. The van der Waals surface area contributed by atoms with Crippen molar-refractivity contribution in [2.45, 2.75) is 13.8 Å². The number of hydrogen-bond donors (Lipinski definition) is 3. The topological polar surface area (TPSA) is 84.0 Å². The minimum absolute atomic E-state index is 0.460. The van der Waals surface area contributed by atoms with E-state index in [0.717, 1.165) is 24.5 Å². The van der Waals surface area contributed by atoms with E-state index in [1.54, 1.807) is 7.11 Å². The summed E-state index contributed by atoms with van der Waals surface area (Å²) in [4.78, 5) is 13.0. The zero-order chi connectivity index (χ0) is 15.1. The van der Waals surface area contributed by atoms with Crippen LogP contribution in [0.4, 0.5) is 23.5 Å². The summed E-state index contributed by atoms with van der Waals surface area (Å²) in [5.74, 6) is 2.25. The van der Waals surface area contributed by atoms with Gasteiger partial charge in [0.15, 0.2) is 0 Å². The number of ether oxygens (including phenoxy) is 1. The Morgan fingerprint density at radius 2 is 1.48 bits per heavy atom. The average Bonchev–Trinajstić information content (AvgIpc) is 2.48. The van der Waals surface area contributed by atoms with E-state index in [9.17, 15) is 0 Å². The van der Waals surface area contributed by atoms with E-state index in [-0.39, 0.29) is 0 Å². The molecule has 0 radical (unpaired) electrons. The summed E-state index contributed by atoms with van der Waals surface area (Å²) in [6.45, 7) is 5.46. The van der Waals surface area contributed by atoms with Crippen LogP contribution in [-0.2, 0) is 0 Å². The van der Waals surface area contributed by atoms with Gasteiger partial charge in [-0.15, -0.1) is 0 Å². The predicted molar refractivity (Wildman–Crippen MR) is 84.4 cm³/mol. The fourth-order valence-electron chi connectivity index (χ4n) is 1.77. The van der Waals surface area contributed by atoms with E-state index in [0.29, 0.717) is 17.8 Å². The molecule has 1 heterocycles. The summed E-state index contributed by atoms with van der Waals surface area (Å²) >= 11 is 0. The monoisotopic (exact) mass is 288 g/mol. The second kappa shape index (κ2) is 7.28. The lowest BCUT2D eigenvalue weighted by atomic mass is 10.3. The van der Waals surface area contributed by atoms with Gasteiger partial charge in [-0.05, 0) is 26.0 Å². The Hall–Kier alpha value is -2.57. The van der Waals surface area contributed by atoms with Gasteiger partial charge in [-0.1, -0.05) is 12.1 Å². The molecule has 2 rings (SSSR count). The second-order valence-corrected chi connectivity index (χ2v) is 4.19. The van der Waals surface area contributed by atoms with Gasteiger partial charge in [0.05, 0.1) is 12.8 Å². The summed E-state index contributed by atoms with van der Waals surface area (Å²) in [5, 5.41) is 9.33. The van der Waals surface area contributed by atoms with Crippen molar-refractivity contribution in [3.63, 3.8) is 0 Å². The summed E-state index contributed by atoms with van der Waals surface area (Å²) in [6.07, 6.45) is 0. The van der Waals surface area contributed by atoms with E-state index in [1.807, 2.05) is 38.1 Å². The number of hydrogen-bond acceptors (Lipinski definition) is 7. The van der Waals surface area contributed by atoms with Crippen LogP contribution in [0.25, 0.3) is 0 Å². The van der Waals surface area contributed by atoms with Crippen molar-refractivity contribution in [3.05, 3.63) is 24.3 Å². The molecule has 21 heavy (non-hydrogen) atoms. The summed E-state index contributed by atoms with van der Waals surface area (Å²) in [5.41, 5.74) is 0.802. The van der Waals surface area contributed by atoms with Crippen molar-refractivity contribution in [1.29, 1.82) is 0 Å². The Kier molecular flexibility index (Phi) is 5.14. The van der Waals surface area contributed by atoms with E-state index in [1.165, 1.54) is 0 Å². The molecule has 0 aliphatic rings. The quantitative estimate of drug-likeness (QED) is 0.721. The summed E-state index contributed by atoms with van der Waals surface area (Å²) in [6, 6.07) is 7.61. The lowest BCUT2D eigenvalue weighted by molar-refractivity contribution is 0.417. The number of para-hydroxylation sites is 2. The van der Waals surface area contributed by atoms with Gasteiger partial charge in [-0.2, -0.15) is 15.0 Å². The van der Waals surface area contributed by atoms with Crippen LogP contribution in [0.5, 0.6) is 5.75 Å². The normalized spacial score (nSPS) is 10.0. The number of nitrogens with one attached hydrogen (secondary N) is 3. The second-order valence-electron chi connectivity index (χ2n) is 4.19. The van der Waals surface area contributed by atoms with E-state index in [2.05, 4.69) is 30.9 Å². The number of rotatable bonds is 7. The molecule has 7 heteroatoms. The van der Waals surface area contributed by atoms with Gasteiger partial charge in [-0.25, -0.2) is 0 Å². The van der Waals surface area contributed by atoms with Crippen LogP contribution in [-0.4, -0.2) is 35.2 Å². The van der Waals surface area contributed by atoms with Gasteiger partial charge in [-0.3, -0.25) is 0 Å². The maximum Gasteiger partial charge on any atom is 0.233 e. The molecule has 0 amide bonds. The van der Waals surface area contributed by atoms with Crippen LogP contribution in [0.15, 0.2) is 24.3 Å². The molecule has 0 aliphatic carbocycles. The fourth-order valence-corrected chi connectivity index (χ4v) is 1.77. The molecule has 0 fully saturated rings. The van der Waals surface area contributed by atoms with E-state index >= 15 is 0 Å². The highest BCUT2D eigenvalue weighted by Crippen LogP contribution is 2.26. The van der Waals surface area contributed by atoms with Crippen LogP contribution in [0, 0.1) is 0 Å². The first-order valence-corrected chi connectivity index (χ1v) is 6.90. The number of methoxy groups -OCH3 is 1. The van der Waals surface area contributed by atoms with E-state index in [4.69, 9.17) is 4.74 Å². The minimum atomic E-state index is 0.460. The largest absolute Gasteiger partial charge is 0.495 e. The average molecular weight is 288 g/mol. The third-order valence-corrected chi connectivity index (χ3v) is 2.66. The van der Waals surface area contributed by atoms with Gasteiger partial charge in [0.25, 0.3) is 0 Å². The van der Waals surface area contributed by atoms with Gasteiger partial charge in [0, 0.05) is 13.1 Å². The molecule has 0 spiro atoms. The fraction of sp³-hybridized carbons (Fsp3) is 0.357. The lowest BCUT2D eigenvalue weighted by Crippen LogP contribution is -2.10. The van der Waals surface area contributed by atoms with E-state index < -0.39 is 0 Å². The van der Waals surface area contributed by atoms with Crippen LogP contribution in [0.2, 0.25) is 0 Å². The number of benzene rings is 1. The molecule has 1 aromatic carbocycles. The first-order chi connectivity index (χ1) is 10.3. The third-order valence-electron chi connectivity index (χ3n) is 2.66. The van der Waals surface area contributed by atoms with Gasteiger partial charge in [0.2, 0.25) is 17.8 Å². The third kappa shape index (κ3) is 3.95. The SMILES string of the molecule is CCNc1nc(NCC)nc(Nc2ccccc2OC)n1. The van der Waals surface area contributed by atoms with Crippen LogP contribution < -0.4 is 20.7 Å². The summed E-state index contributed by atoms with van der Waals surface area (Å²) < 4.78 is 5.31. The Morgan fingerprint density at radius 1 is 0.905 bits per heavy atom. The number of aromatic nitrogens is 3. The molecular formula is C14H20N6O. The first kappa shape index (κ1) is 14.8. The Morgan fingerprint density at radius 3 is 2.05 bits per heavy atom. The molecule has 0 atom stereocenters. The van der Waals surface area contributed by atoms with Crippen LogP contribution in [0.1, 0.15) is 13.8 Å². The zero-order valence-corrected chi connectivity index (χ0v) is 12.5. The number of anilines is 4. The molecule has 7 nitrogen and oxygen atoms in total. The molecule has 0 bridgehead atoms. The lowest BCUT2D eigenvalue weighted by Gasteiger charge is -2.12. The van der Waals surface area contributed by atoms with Crippen LogP contribution >= 0.6 is 0 Å². The highest BCUT2D eigenvalue weighted by atomic mass is 16.5. The van der Waals surface area contributed by atoms with Crippen molar-refractivity contribution in [2.24, 2.45) is 0 Å². The highest BCUT2D eigenvalue weighted by molar-refractivity contribution is 5.63. The Bertz CT molecular complexity index is 565. The van der Waals surface area contributed by atoms with Crippen molar-refractivity contribution in [3.8, 4) is 5.75 Å². The molecule has 2 aromatic rings. The predicted octanol–water partition coefficient (Wildman–Crippen LogP) is 2.49. The highest BCUT2D eigenvalue weighted by Gasteiger charge is 2.08. The molecule has 1 aromatic heterocycles. The molecule has 0 saturated carbocycles.